The molecule has 0 fully saturated rings. The average Bonchev–Trinajstić information content (AvgIpc) is 2.40. The van der Waals surface area contributed by atoms with Gasteiger partial charge in [-0.05, 0) is 42.2 Å². The van der Waals surface area contributed by atoms with Gasteiger partial charge >= 0.3 is 0 Å². The lowest BCUT2D eigenvalue weighted by Gasteiger charge is -2.19. The summed E-state index contributed by atoms with van der Waals surface area (Å²) in [5, 5.41) is 0. The van der Waals surface area contributed by atoms with Gasteiger partial charge in [0.1, 0.15) is 11.5 Å². The van der Waals surface area contributed by atoms with Crippen LogP contribution in [0.2, 0.25) is 0 Å². The summed E-state index contributed by atoms with van der Waals surface area (Å²) < 4.78 is 5.79. The Morgan fingerprint density at radius 2 is 1.65 bits per heavy atom. The number of hydrogen-bond acceptors (Lipinski definition) is 2. The van der Waals surface area contributed by atoms with Crippen LogP contribution in [0.4, 0.5) is 0 Å². The van der Waals surface area contributed by atoms with Crippen LogP contribution in [-0.2, 0) is 5.41 Å². The van der Waals surface area contributed by atoms with Crippen molar-refractivity contribution < 1.29 is 9.53 Å². The number of carbonyl (C=O) groups excluding carboxylic acids is 1. The molecule has 0 N–H and O–H groups in total. The van der Waals surface area contributed by atoms with Crippen molar-refractivity contribution in [1.82, 2.24) is 0 Å². The van der Waals surface area contributed by atoms with E-state index in [2.05, 4.69) is 32.9 Å². The summed E-state index contributed by atoms with van der Waals surface area (Å²) in [4.78, 5) is 11.1. The fourth-order valence-corrected chi connectivity index (χ4v) is 2.00. The van der Waals surface area contributed by atoms with Crippen LogP contribution < -0.4 is 4.74 Å². The monoisotopic (exact) mass is 268 g/mol. The van der Waals surface area contributed by atoms with Crippen molar-refractivity contribution in [3.63, 3.8) is 0 Å². The molecule has 0 spiro atoms. The zero-order chi connectivity index (χ0) is 14.8. The first kappa shape index (κ1) is 14.3. The van der Waals surface area contributed by atoms with Crippen LogP contribution in [0.5, 0.6) is 11.5 Å². The van der Waals surface area contributed by atoms with E-state index in [1.165, 1.54) is 5.56 Å². The summed E-state index contributed by atoms with van der Waals surface area (Å²) in [6.07, 6.45) is 0.825. The second kappa shape index (κ2) is 5.49. The molecular formula is C18H20O2. The quantitative estimate of drug-likeness (QED) is 0.740. The summed E-state index contributed by atoms with van der Waals surface area (Å²) in [6, 6.07) is 13.6. The molecule has 0 radical (unpaired) electrons. The highest BCUT2D eigenvalue weighted by molar-refractivity contribution is 5.79. The van der Waals surface area contributed by atoms with Crippen LogP contribution in [0.25, 0.3) is 0 Å². The molecule has 0 amide bonds. The molecule has 0 unspecified atom stereocenters. The Morgan fingerprint density at radius 3 is 2.20 bits per heavy atom. The normalized spacial score (nSPS) is 11.2. The first-order valence-corrected chi connectivity index (χ1v) is 6.74. The predicted octanol–water partition coefficient (Wildman–Crippen LogP) is 4.90. The Balaban J connectivity index is 2.25. The van der Waals surface area contributed by atoms with E-state index < -0.39 is 0 Å². The first-order valence-electron chi connectivity index (χ1n) is 6.74. The zero-order valence-electron chi connectivity index (χ0n) is 12.4. The van der Waals surface area contributed by atoms with Gasteiger partial charge in [-0.15, -0.1) is 0 Å². The van der Waals surface area contributed by atoms with Gasteiger partial charge in [-0.3, -0.25) is 4.79 Å². The topological polar surface area (TPSA) is 26.3 Å². The second-order valence-corrected chi connectivity index (χ2v) is 6.04. The van der Waals surface area contributed by atoms with Crippen molar-refractivity contribution >= 4 is 6.29 Å². The lowest BCUT2D eigenvalue weighted by atomic mass is 9.87. The van der Waals surface area contributed by atoms with Crippen LogP contribution in [0.1, 0.15) is 42.3 Å². The highest BCUT2D eigenvalue weighted by Crippen LogP contribution is 2.28. The van der Waals surface area contributed by atoms with Gasteiger partial charge in [0, 0.05) is 0 Å². The average molecular weight is 268 g/mol. The van der Waals surface area contributed by atoms with Crippen molar-refractivity contribution in [2.45, 2.75) is 33.1 Å². The lowest BCUT2D eigenvalue weighted by molar-refractivity contribution is 0.112. The lowest BCUT2D eigenvalue weighted by Crippen LogP contribution is -2.10. The summed E-state index contributed by atoms with van der Waals surface area (Å²) in [5.74, 6) is 1.33. The minimum atomic E-state index is 0.121. The summed E-state index contributed by atoms with van der Waals surface area (Å²) >= 11 is 0. The highest BCUT2D eigenvalue weighted by atomic mass is 16.5. The number of rotatable bonds is 3. The molecule has 2 aromatic carbocycles. The number of benzene rings is 2. The van der Waals surface area contributed by atoms with Gasteiger partial charge in [-0.2, -0.15) is 0 Å². The van der Waals surface area contributed by atoms with Crippen LogP contribution in [0.15, 0.2) is 42.5 Å². The Bertz CT molecular complexity index is 604. The third kappa shape index (κ3) is 3.27. The number of aryl methyl sites for hydroxylation is 1. The smallest absolute Gasteiger partial charge is 0.153 e. The molecule has 2 aromatic rings. The molecule has 20 heavy (non-hydrogen) atoms. The second-order valence-electron chi connectivity index (χ2n) is 6.04. The Kier molecular flexibility index (Phi) is 3.93. The molecule has 2 nitrogen and oxygen atoms in total. The molecule has 0 aliphatic heterocycles. The maximum Gasteiger partial charge on any atom is 0.153 e. The van der Waals surface area contributed by atoms with Crippen molar-refractivity contribution in [1.29, 1.82) is 0 Å². The molecule has 2 rings (SSSR count). The van der Waals surface area contributed by atoms with Gasteiger partial charge in [0.05, 0.1) is 5.56 Å². The van der Waals surface area contributed by atoms with Crippen LogP contribution >= 0.6 is 0 Å². The van der Waals surface area contributed by atoms with Crippen molar-refractivity contribution in [2.24, 2.45) is 0 Å². The Hall–Kier alpha value is -2.09. The Labute approximate surface area is 120 Å². The van der Waals surface area contributed by atoms with E-state index in [9.17, 15) is 4.79 Å². The standard InChI is InChI=1S/C18H20O2/c1-13-5-10-17(14(11-13)12-19)20-16-8-6-15(7-9-16)18(2,3)4/h5-12H,1-4H3. The molecule has 2 heteroatoms. The van der Waals surface area contributed by atoms with Gasteiger partial charge in [0.2, 0.25) is 0 Å². The van der Waals surface area contributed by atoms with Crippen molar-refractivity contribution in [3.8, 4) is 11.5 Å². The summed E-state index contributed by atoms with van der Waals surface area (Å²) in [6.45, 7) is 8.48. The number of hydrogen-bond donors (Lipinski definition) is 0. The van der Waals surface area contributed by atoms with Crippen molar-refractivity contribution in [2.75, 3.05) is 0 Å². The SMILES string of the molecule is Cc1ccc(Oc2ccc(C(C)(C)C)cc2)c(C=O)c1. The van der Waals surface area contributed by atoms with Crippen LogP contribution in [-0.4, -0.2) is 6.29 Å². The van der Waals surface area contributed by atoms with E-state index in [1.54, 1.807) is 0 Å². The van der Waals surface area contributed by atoms with E-state index in [4.69, 9.17) is 4.74 Å². The maximum atomic E-state index is 11.1. The van der Waals surface area contributed by atoms with Crippen LogP contribution in [0.3, 0.4) is 0 Å². The third-order valence-corrected chi connectivity index (χ3v) is 3.24. The van der Waals surface area contributed by atoms with Gasteiger partial charge < -0.3 is 4.74 Å². The third-order valence-electron chi connectivity index (χ3n) is 3.24. The maximum absolute atomic E-state index is 11.1. The number of ether oxygens (including phenoxy) is 1. The largest absolute Gasteiger partial charge is 0.457 e. The number of aldehydes is 1. The first-order chi connectivity index (χ1) is 9.40. The molecule has 0 aromatic heterocycles. The number of carbonyl (C=O) groups is 1. The van der Waals surface area contributed by atoms with E-state index in [0.717, 1.165) is 17.6 Å². The molecule has 0 saturated carbocycles. The van der Waals surface area contributed by atoms with E-state index in [-0.39, 0.29) is 5.41 Å². The fraction of sp³-hybridized carbons (Fsp3) is 0.278. The summed E-state index contributed by atoms with van der Waals surface area (Å²) in [7, 11) is 0. The minimum Gasteiger partial charge on any atom is -0.457 e. The van der Waals surface area contributed by atoms with Crippen molar-refractivity contribution in [3.05, 3.63) is 59.2 Å². The molecule has 0 aliphatic carbocycles. The molecule has 0 aliphatic rings. The van der Waals surface area contributed by atoms with Gasteiger partial charge in [0.25, 0.3) is 0 Å². The van der Waals surface area contributed by atoms with Gasteiger partial charge in [-0.25, -0.2) is 0 Å². The molecule has 0 heterocycles. The summed E-state index contributed by atoms with van der Waals surface area (Å²) in [5.41, 5.74) is 2.99. The molecule has 0 saturated heterocycles. The molecule has 104 valence electrons. The van der Waals surface area contributed by atoms with E-state index >= 15 is 0 Å². The van der Waals surface area contributed by atoms with E-state index in [1.807, 2.05) is 37.3 Å². The van der Waals surface area contributed by atoms with Gasteiger partial charge in [0.15, 0.2) is 6.29 Å². The van der Waals surface area contributed by atoms with Crippen LogP contribution in [0, 0.1) is 6.92 Å². The molecule has 0 bridgehead atoms. The zero-order valence-corrected chi connectivity index (χ0v) is 12.4. The minimum absolute atomic E-state index is 0.121. The van der Waals surface area contributed by atoms with Gasteiger partial charge in [-0.1, -0.05) is 44.5 Å². The predicted molar refractivity (Wildman–Crippen MR) is 81.8 cm³/mol. The molecule has 0 atom stereocenters. The molecular weight excluding hydrogens is 248 g/mol. The van der Waals surface area contributed by atoms with E-state index in [0.29, 0.717) is 11.3 Å². The highest BCUT2D eigenvalue weighted by Gasteiger charge is 2.13. The Morgan fingerprint density at radius 1 is 1.00 bits per heavy atom. The fourth-order valence-electron chi connectivity index (χ4n) is 2.00.